The summed E-state index contributed by atoms with van der Waals surface area (Å²) in [4.78, 5) is 40.5. The molecule has 0 radical (unpaired) electrons. The smallest absolute Gasteiger partial charge is 0.334 e. The van der Waals surface area contributed by atoms with E-state index >= 15 is 0 Å². The number of amides is 2. The first kappa shape index (κ1) is 32.0. The number of hydrogen-bond acceptors (Lipinski definition) is 8. The monoisotopic (exact) mass is 619 g/mol. The van der Waals surface area contributed by atoms with Gasteiger partial charge < -0.3 is 15.5 Å². The van der Waals surface area contributed by atoms with Crippen molar-refractivity contribution in [1.82, 2.24) is 24.8 Å². The molecule has 2 amide bonds. The molecule has 4 rings (SSSR count). The minimum Gasteiger partial charge on any atom is -0.479 e. The number of benzene rings is 2. The van der Waals surface area contributed by atoms with Gasteiger partial charge in [0, 0.05) is 24.4 Å². The van der Waals surface area contributed by atoms with E-state index in [0.717, 1.165) is 30.2 Å². The molecule has 44 heavy (non-hydrogen) atoms. The fourth-order valence-electron chi connectivity index (χ4n) is 4.69. The van der Waals surface area contributed by atoms with Gasteiger partial charge in [-0.3, -0.25) is 19.3 Å². The highest BCUT2D eigenvalue weighted by molar-refractivity contribution is 7.90. The van der Waals surface area contributed by atoms with Crippen molar-refractivity contribution in [1.29, 1.82) is 0 Å². The average Bonchev–Trinajstić information content (AvgIpc) is 3.39. The number of carboxylic acids is 1. The van der Waals surface area contributed by atoms with Gasteiger partial charge in [-0.2, -0.15) is 5.10 Å². The van der Waals surface area contributed by atoms with Crippen LogP contribution < -0.4 is 10.0 Å². The molecule has 0 aliphatic rings. The summed E-state index contributed by atoms with van der Waals surface area (Å²) in [7, 11) is -4.09. The van der Waals surface area contributed by atoms with Crippen LogP contribution in [0, 0.1) is 0 Å². The molecule has 0 aliphatic carbocycles. The lowest BCUT2D eigenvalue weighted by Crippen LogP contribution is -2.48. The van der Waals surface area contributed by atoms with Crippen molar-refractivity contribution in [3.63, 3.8) is 0 Å². The highest BCUT2D eigenvalue weighted by atomic mass is 32.2. The van der Waals surface area contributed by atoms with Gasteiger partial charge in [0.05, 0.1) is 23.2 Å². The van der Waals surface area contributed by atoms with Gasteiger partial charge in [0.1, 0.15) is 5.69 Å². The lowest BCUT2D eigenvalue weighted by molar-refractivity contribution is -0.148. The van der Waals surface area contributed by atoms with Crippen LogP contribution in [0.4, 0.5) is 0 Å². The zero-order valence-electron chi connectivity index (χ0n) is 24.2. The number of hydrogen-bond donors (Lipinski definition) is 4. The van der Waals surface area contributed by atoms with Gasteiger partial charge in [0.25, 0.3) is 15.9 Å². The Balaban J connectivity index is 1.55. The number of aliphatic carboxylic acids is 1. The minimum atomic E-state index is -4.09. The third kappa shape index (κ3) is 7.94. The van der Waals surface area contributed by atoms with E-state index in [4.69, 9.17) is 0 Å². The predicted octanol–water partition coefficient (Wildman–Crippen LogP) is 2.56. The lowest BCUT2D eigenvalue weighted by atomic mass is 10.0. The van der Waals surface area contributed by atoms with E-state index in [1.54, 1.807) is 71.5 Å². The number of sulfonamides is 1. The molecule has 4 N–H and O–H groups in total. The average molecular weight is 620 g/mol. The van der Waals surface area contributed by atoms with Crippen LogP contribution in [0.1, 0.15) is 47.6 Å². The Morgan fingerprint density at radius 3 is 2.32 bits per heavy atom. The lowest BCUT2D eigenvalue weighted by Gasteiger charge is -2.21. The van der Waals surface area contributed by atoms with Crippen LogP contribution in [0.15, 0.2) is 83.9 Å². The van der Waals surface area contributed by atoms with Crippen LogP contribution in [-0.4, -0.2) is 63.3 Å². The maximum Gasteiger partial charge on any atom is 0.334 e. The Morgan fingerprint density at radius 2 is 1.68 bits per heavy atom. The molecule has 0 saturated heterocycles. The van der Waals surface area contributed by atoms with Crippen LogP contribution in [0.2, 0.25) is 0 Å². The Labute approximate surface area is 254 Å². The molecule has 0 aliphatic heterocycles. The molecule has 0 unspecified atom stereocenters. The molecule has 2 aromatic heterocycles. The summed E-state index contributed by atoms with van der Waals surface area (Å²) < 4.78 is 29.0. The molecule has 12 nitrogen and oxygen atoms in total. The topological polar surface area (TPSA) is 181 Å². The number of aliphatic hydroxyl groups excluding tert-OH is 1. The van der Waals surface area contributed by atoms with E-state index in [0.29, 0.717) is 17.7 Å². The number of nitrogens with zero attached hydrogens (tertiary/aromatic N) is 3. The maximum absolute atomic E-state index is 13.2. The number of carbonyl (C=O) groups is 3. The van der Waals surface area contributed by atoms with Crippen LogP contribution in [0.25, 0.3) is 11.3 Å². The van der Waals surface area contributed by atoms with Crippen molar-refractivity contribution in [3.8, 4) is 11.3 Å². The summed E-state index contributed by atoms with van der Waals surface area (Å²) in [5.41, 5.74) is 3.03. The maximum atomic E-state index is 13.2. The number of carbonyl (C=O) groups excluding carboxylic acids is 2. The minimum absolute atomic E-state index is 0.0748. The van der Waals surface area contributed by atoms with E-state index in [1.807, 2.05) is 17.7 Å². The number of rotatable bonds is 13. The zero-order valence-corrected chi connectivity index (χ0v) is 25.0. The molecule has 0 saturated carbocycles. The summed E-state index contributed by atoms with van der Waals surface area (Å²) in [6, 6.07) is 19.1. The second-order valence-electron chi connectivity index (χ2n) is 10.2. The molecule has 2 heterocycles. The Kier molecular flexibility index (Phi) is 10.2. The Hall–Kier alpha value is -4.88. The molecule has 2 aromatic carbocycles. The number of aromatic nitrogens is 3. The SMILES string of the molecule is CCCc1cc(C(=O)N[C@H](Cc2ccccc2)[C@@H](O)C(=O)O)nn1Cc1ccc(-c2ccccc2S(=O)(=O)NC(C)=O)nc1. The Bertz CT molecular complexity index is 1740. The summed E-state index contributed by atoms with van der Waals surface area (Å²) in [6.45, 7) is 3.36. The number of nitrogens with one attached hydrogen (secondary N) is 2. The molecule has 0 fully saturated rings. The van der Waals surface area contributed by atoms with Gasteiger partial charge in [-0.25, -0.2) is 17.9 Å². The first-order valence-electron chi connectivity index (χ1n) is 13.9. The number of aryl methyl sites for hydroxylation is 1. The van der Waals surface area contributed by atoms with Crippen LogP contribution in [0.5, 0.6) is 0 Å². The fraction of sp³-hybridized carbons (Fsp3) is 0.258. The van der Waals surface area contributed by atoms with Gasteiger partial charge in [-0.05, 0) is 42.2 Å². The highest BCUT2D eigenvalue weighted by Gasteiger charge is 2.29. The van der Waals surface area contributed by atoms with E-state index < -0.39 is 40.0 Å². The van der Waals surface area contributed by atoms with Crippen molar-refractivity contribution in [2.45, 2.75) is 56.7 Å². The number of pyridine rings is 1. The second-order valence-corrected chi connectivity index (χ2v) is 11.8. The number of carboxylic acid groups (broad SMARTS) is 1. The Morgan fingerprint density at radius 1 is 0.977 bits per heavy atom. The molecular weight excluding hydrogens is 586 g/mol. The molecule has 230 valence electrons. The fourth-order valence-corrected chi connectivity index (χ4v) is 5.90. The van der Waals surface area contributed by atoms with Gasteiger partial charge >= 0.3 is 5.97 Å². The van der Waals surface area contributed by atoms with Gasteiger partial charge in [-0.1, -0.05) is 67.9 Å². The van der Waals surface area contributed by atoms with Crippen molar-refractivity contribution < 1.29 is 33.0 Å². The first-order chi connectivity index (χ1) is 21.0. The number of aliphatic hydroxyl groups is 1. The van der Waals surface area contributed by atoms with Crippen LogP contribution in [0.3, 0.4) is 0 Å². The zero-order chi connectivity index (χ0) is 31.9. The van der Waals surface area contributed by atoms with Crippen molar-refractivity contribution >= 4 is 27.8 Å². The van der Waals surface area contributed by atoms with Gasteiger partial charge in [0.15, 0.2) is 6.10 Å². The second kappa shape index (κ2) is 14.1. The molecule has 2 atom stereocenters. The van der Waals surface area contributed by atoms with Gasteiger partial charge in [-0.15, -0.1) is 0 Å². The first-order valence-corrected chi connectivity index (χ1v) is 15.4. The quantitative estimate of drug-likeness (QED) is 0.175. The normalized spacial score (nSPS) is 12.7. The van der Waals surface area contributed by atoms with Crippen molar-refractivity contribution in [3.05, 3.63) is 102 Å². The largest absolute Gasteiger partial charge is 0.479 e. The van der Waals surface area contributed by atoms with E-state index in [9.17, 15) is 33.0 Å². The van der Waals surface area contributed by atoms with Gasteiger partial charge in [0.2, 0.25) is 5.91 Å². The molecular formula is C31H33N5O7S. The molecule has 13 heteroatoms. The summed E-state index contributed by atoms with van der Waals surface area (Å²) in [5.74, 6) is -2.77. The molecule has 0 spiro atoms. The molecule has 4 aromatic rings. The van der Waals surface area contributed by atoms with Crippen LogP contribution in [-0.2, 0) is 39.0 Å². The van der Waals surface area contributed by atoms with E-state index in [-0.39, 0.29) is 23.6 Å². The van der Waals surface area contributed by atoms with Crippen molar-refractivity contribution in [2.75, 3.05) is 0 Å². The molecule has 0 bridgehead atoms. The summed E-state index contributed by atoms with van der Waals surface area (Å²) in [6.07, 6.45) is 1.26. The standard InChI is InChI=1S/C31H33N5O7S/c1-3-9-23-17-27(30(39)33-26(29(38)31(40)41)16-21-10-5-4-6-11-21)34-36(23)19-22-14-15-25(32-18-22)24-12-7-8-13-28(24)44(42,43)35-20(2)37/h4-8,10-15,17-18,26,29,38H,3,9,16,19H2,1-2H3,(H,33,39)(H,35,37)(H,40,41)/t26-,29-/m1/s1. The third-order valence-corrected chi connectivity index (χ3v) is 8.23. The van der Waals surface area contributed by atoms with Crippen LogP contribution >= 0.6 is 0 Å². The van der Waals surface area contributed by atoms with E-state index in [2.05, 4.69) is 15.4 Å². The van der Waals surface area contributed by atoms with E-state index in [1.165, 1.54) is 6.07 Å². The third-order valence-electron chi connectivity index (χ3n) is 6.74. The summed E-state index contributed by atoms with van der Waals surface area (Å²) >= 11 is 0. The predicted molar refractivity (Wildman–Crippen MR) is 161 cm³/mol. The summed E-state index contributed by atoms with van der Waals surface area (Å²) in [5, 5.41) is 26.8. The highest BCUT2D eigenvalue weighted by Crippen LogP contribution is 2.26. The van der Waals surface area contributed by atoms with Crippen molar-refractivity contribution in [2.24, 2.45) is 0 Å².